The maximum atomic E-state index is 12.3. The van der Waals surface area contributed by atoms with Gasteiger partial charge in [0.1, 0.15) is 0 Å². The van der Waals surface area contributed by atoms with E-state index >= 15 is 0 Å². The van der Waals surface area contributed by atoms with Gasteiger partial charge in [0.05, 0.1) is 0 Å². The smallest absolute Gasteiger partial charge is 0.225 e. The zero-order valence-corrected chi connectivity index (χ0v) is 13.4. The average molecular weight is 295 g/mol. The van der Waals surface area contributed by atoms with E-state index in [1.165, 1.54) is 5.75 Å². The minimum Gasteiger partial charge on any atom is -0.343 e. The number of hydrogen-bond acceptors (Lipinski definition) is 3. The summed E-state index contributed by atoms with van der Waals surface area (Å²) >= 11 is 1.95. The fourth-order valence-corrected chi connectivity index (χ4v) is 2.96. The minimum absolute atomic E-state index is 0. The Bertz CT molecular complexity index is 235. The molecule has 1 fully saturated rings. The topological polar surface area (TPSA) is 32.3 Å². The number of amides is 1. The fourth-order valence-electron chi connectivity index (χ4n) is 2.17. The van der Waals surface area contributed by atoms with E-state index in [0.717, 1.165) is 38.1 Å². The number of hydrogen-bond donors (Lipinski definition) is 1. The molecular formula is C13H27ClN2OS. The molecule has 0 bridgehead atoms. The molecule has 18 heavy (non-hydrogen) atoms. The minimum atomic E-state index is 0. The molecule has 1 aliphatic heterocycles. The molecule has 1 atom stereocenters. The van der Waals surface area contributed by atoms with Crippen molar-refractivity contribution in [3.63, 3.8) is 0 Å². The molecule has 1 rings (SSSR count). The number of halogens is 1. The van der Waals surface area contributed by atoms with Gasteiger partial charge in [-0.1, -0.05) is 6.92 Å². The van der Waals surface area contributed by atoms with Gasteiger partial charge in [0, 0.05) is 19.0 Å². The molecule has 3 nitrogen and oxygen atoms in total. The lowest BCUT2D eigenvalue weighted by Crippen LogP contribution is -2.43. The second-order valence-corrected chi connectivity index (χ2v) is 6.20. The van der Waals surface area contributed by atoms with Crippen LogP contribution in [-0.2, 0) is 4.79 Å². The number of carbonyl (C=O) groups is 1. The van der Waals surface area contributed by atoms with Crippen LogP contribution in [0, 0.1) is 5.92 Å². The van der Waals surface area contributed by atoms with E-state index in [9.17, 15) is 4.79 Å². The van der Waals surface area contributed by atoms with Crippen LogP contribution < -0.4 is 5.32 Å². The summed E-state index contributed by atoms with van der Waals surface area (Å²) in [6, 6.07) is 0.372. The van der Waals surface area contributed by atoms with E-state index in [1.54, 1.807) is 0 Å². The van der Waals surface area contributed by atoms with Gasteiger partial charge in [-0.3, -0.25) is 4.79 Å². The molecule has 1 N–H and O–H groups in total. The van der Waals surface area contributed by atoms with Crippen molar-refractivity contribution < 1.29 is 4.79 Å². The van der Waals surface area contributed by atoms with Crippen molar-refractivity contribution in [2.24, 2.45) is 5.92 Å². The van der Waals surface area contributed by atoms with Gasteiger partial charge in [0.15, 0.2) is 0 Å². The Balaban J connectivity index is 0.00000289. The molecular weight excluding hydrogens is 268 g/mol. The van der Waals surface area contributed by atoms with Crippen molar-refractivity contribution >= 4 is 30.1 Å². The summed E-state index contributed by atoms with van der Waals surface area (Å²) in [5, 5.41) is 3.31. The largest absolute Gasteiger partial charge is 0.343 e. The first-order valence-electron chi connectivity index (χ1n) is 6.72. The van der Waals surface area contributed by atoms with Gasteiger partial charge < -0.3 is 10.2 Å². The van der Waals surface area contributed by atoms with E-state index < -0.39 is 0 Å². The molecule has 1 unspecified atom stereocenters. The van der Waals surface area contributed by atoms with Gasteiger partial charge in [-0.25, -0.2) is 0 Å². The monoisotopic (exact) mass is 294 g/mol. The summed E-state index contributed by atoms with van der Waals surface area (Å²) in [6.07, 6.45) is 3.10. The van der Waals surface area contributed by atoms with Crippen molar-refractivity contribution in [2.75, 3.05) is 31.6 Å². The van der Waals surface area contributed by atoms with Gasteiger partial charge in [-0.15, -0.1) is 12.4 Å². The third kappa shape index (κ3) is 5.81. The number of piperidine rings is 1. The molecule has 0 saturated carbocycles. The number of thioether (sulfide) groups is 1. The summed E-state index contributed by atoms with van der Waals surface area (Å²) in [5.74, 6) is 2.92. The Kier molecular flexibility index (Phi) is 9.97. The first kappa shape index (κ1) is 18.1. The molecule has 0 aromatic heterocycles. The fraction of sp³-hybridized carbons (Fsp3) is 0.923. The van der Waals surface area contributed by atoms with E-state index in [4.69, 9.17) is 0 Å². The highest BCUT2D eigenvalue weighted by molar-refractivity contribution is 7.99. The highest BCUT2D eigenvalue weighted by Crippen LogP contribution is 2.17. The molecule has 1 heterocycles. The van der Waals surface area contributed by atoms with Crippen molar-refractivity contribution in [3.05, 3.63) is 0 Å². The van der Waals surface area contributed by atoms with Crippen molar-refractivity contribution in [2.45, 2.75) is 39.2 Å². The van der Waals surface area contributed by atoms with Crippen molar-refractivity contribution in [1.82, 2.24) is 10.2 Å². The third-order valence-electron chi connectivity index (χ3n) is 3.58. The highest BCUT2D eigenvalue weighted by Gasteiger charge is 2.25. The van der Waals surface area contributed by atoms with Crippen LogP contribution in [0.15, 0.2) is 0 Å². The van der Waals surface area contributed by atoms with Crippen LogP contribution in [0.25, 0.3) is 0 Å². The summed E-state index contributed by atoms with van der Waals surface area (Å²) < 4.78 is 0. The molecule has 0 aromatic carbocycles. The second-order valence-electron chi connectivity index (χ2n) is 4.81. The predicted molar refractivity (Wildman–Crippen MR) is 82.7 cm³/mol. The lowest BCUT2D eigenvalue weighted by atomic mass is 9.96. The predicted octanol–water partition coefficient (Wildman–Crippen LogP) is 2.40. The lowest BCUT2D eigenvalue weighted by molar-refractivity contribution is -0.136. The third-order valence-corrected chi connectivity index (χ3v) is 4.51. The second kappa shape index (κ2) is 9.93. The van der Waals surface area contributed by atoms with Crippen molar-refractivity contribution in [1.29, 1.82) is 0 Å². The molecule has 0 aliphatic carbocycles. The number of nitrogens with zero attached hydrogens (tertiary/aromatic N) is 1. The van der Waals surface area contributed by atoms with Gasteiger partial charge in [-0.2, -0.15) is 11.8 Å². The Morgan fingerprint density at radius 2 is 2.06 bits per heavy atom. The molecule has 0 radical (unpaired) electrons. The molecule has 1 amide bonds. The maximum Gasteiger partial charge on any atom is 0.225 e. The van der Waals surface area contributed by atoms with Crippen LogP contribution >= 0.6 is 24.2 Å². The first-order valence-corrected chi connectivity index (χ1v) is 7.87. The maximum absolute atomic E-state index is 12.3. The van der Waals surface area contributed by atoms with Crippen LogP contribution in [0.5, 0.6) is 0 Å². The summed E-state index contributed by atoms with van der Waals surface area (Å²) in [5.41, 5.74) is 0. The molecule has 108 valence electrons. The van der Waals surface area contributed by atoms with Crippen molar-refractivity contribution in [3.8, 4) is 0 Å². The van der Waals surface area contributed by atoms with Crippen LogP contribution in [0.2, 0.25) is 0 Å². The van der Waals surface area contributed by atoms with Crippen LogP contribution in [0.3, 0.4) is 0 Å². The average Bonchev–Trinajstić information content (AvgIpc) is 2.38. The standard InChI is InChI=1S/C13H26N2OS.ClH/c1-4-17-10-7-11(2)15(3)13(16)12-5-8-14-9-6-12;/h11-12,14H,4-10H2,1-3H3;1H. The normalized spacial score (nSPS) is 17.9. The Hall–Kier alpha value is 0.0700. The van der Waals surface area contributed by atoms with Gasteiger partial charge in [0.25, 0.3) is 0 Å². The Morgan fingerprint density at radius 1 is 1.44 bits per heavy atom. The molecule has 0 aromatic rings. The van der Waals surface area contributed by atoms with Gasteiger partial charge in [-0.05, 0) is 50.8 Å². The summed E-state index contributed by atoms with van der Waals surface area (Å²) in [6.45, 7) is 6.32. The highest BCUT2D eigenvalue weighted by atomic mass is 35.5. The van der Waals surface area contributed by atoms with Crippen LogP contribution in [0.1, 0.15) is 33.1 Å². The van der Waals surface area contributed by atoms with Crippen LogP contribution in [0.4, 0.5) is 0 Å². The van der Waals surface area contributed by atoms with E-state index in [-0.39, 0.29) is 18.3 Å². The van der Waals surface area contributed by atoms with Crippen LogP contribution in [-0.4, -0.2) is 48.5 Å². The number of carbonyl (C=O) groups excluding carboxylic acids is 1. The quantitative estimate of drug-likeness (QED) is 0.764. The number of rotatable bonds is 6. The molecule has 1 saturated heterocycles. The summed E-state index contributed by atoms with van der Waals surface area (Å²) in [4.78, 5) is 14.2. The number of nitrogens with one attached hydrogen (secondary N) is 1. The SMILES string of the molecule is CCSCCC(C)N(C)C(=O)C1CCNCC1.Cl. The zero-order chi connectivity index (χ0) is 12.7. The molecule has 0 spiro atoms. The van der Waals surface area contributed by atoms with E-state index in [2.05, 4.69) is 19.2 Å². The van der Waals surface area contributed by atoms with E-state index in [1.807, 2.05) is 23.7 Å². The zero-order valence-electron chi connectivity index (χ0n) is 11.8. The Morgan fingerprint density at radius 3 is 2.61 bits per heavy atom. The summed E-state index contributed by atoms with van der Waals surface area (Å²) in [7, 11) is 1.96. The Labute approximate surface area is 122 Å². The lowest BCUT2D eigenvalue weighted by Gasteiger charge is -2.31. The first-order chi connectivity index (χ1) is 8.16. The molecule has 5 heteroatoms. The van der Waals surface area contributed by atoms with E-state index in [0.29, 0.717) is 11.9 Å². The van der Waals surface area contributed by atoms with Gasteiger partial charge in [0.2, 0.25) is 5.91 Å². The molecule has 1 aliphatic rings. The van der Waals surface area contributed by atoms with Gasteiger partial charge >= 0.3 is 0 Å².